The van der Waals surface area contributed by atoms with Gasteiger partial charge in [0.15, 0.2) is 0 Å². The maximum absolute atomic E-state index is 9.59. The van der Waals surface area contributed by atoms with Crippen LogP contribution in [-0.2, 0) is 13.1 Å². The minimum atomic E-state index is -0.109. The van der Waals surface area contributed by atoms with E-state index in [0.717, 1.165) is 50.4 Å². The number of anilines is 1. The highest BCUT2D eigenvalue weighted by atomic mass is 16.3. The van der Waals surface area contributed by atoms with Gasteiger partial charge >= 0.3 is 0 Å². The zero-order valence-corrected chi connectivity index (χ0v) is 14.3. The average molecular weight is 336 g/mol. The van der Waals surface area contributed by atoms with Crippen molar-refractivity contribution in [3.05, 3.63) is 59.9 Å². The molecule has 1 aromatic carbocycles. The first-order chi connectivity index (χ1) is 12.3. The van der Waals surface area contributed by atoms with Crippen LogP contribution in [0.3, 0.4) is 0 Å². The Labute approximate surface area is 147 Å². The molecule has 0 atom stereocenters. The molecule has 25 heavy (non-hydrogen) atoms. The Kier molecular flexibility index (Phi) is 4.68. The summed E-state index contributed by atoms with van der Waals surface area (Å²) in [6.07, 6.45) is 5.44. The van der Waals surface area contributed by atoms with Gasteiger partial charge in [-0.2, -0.15) is 0 Å². The standard InChI is InChI=1S/C20H24N4O/c25-18-7-11-24(12-8-18)14-15-1-3-17(4-2-15)23-13-16-5-9-21-20-19(16)6-10-22-20/h1-6,9-10,18,23,25H,7-8,11-14H2,(H,21,22). The Bertz CT molecular complexity index is 819. The van der Waals surface area contributed by atoms with Crippen molar-refractivity contribution in [1.82, 2.24) is 14.9 Å². The van der Waals surface area contributed by atoms with E-state index < -0.39 is 0 Å². The first-order valence-corrected chi connectivity index (χ1v) is 8.92. The minimum absolute atomic E-state index is 0.109. The number of aromatic amines is 1. The number of pyridine rings is 1. The quantitative estimate of drug-likeness (QED) is 0.670. The van der Waals surface area contributed by atoms with Gasteiger partial charge in [0.2, 0.25) is 0 Å². The fourth-order valence-electron chi connectivity index (χ4n) is 3.43. The zero-order chi connectivity index (χ0) is 17.1. The predicted molar refractivity (Wildman–Crippen MR) is 100 cm³/mol. The number of nitrogens with zero attached hydrogens (tertiary/aromatic N) is 2. The molecule has 0 amide bonds. The summed E-state index contributed by atoms with van der Waals surface area (Å²) in [5.41, 5.74) is 4.61. The molecule has 5 nitrogen and oxygen atoms in total. The van der Waals surface area contributed by atoms with Crippen molar-refractivity contribution < 1.29 is 5.11 Å². The van der Waals surface area contributed by atoms with Gasteiger partial charge in [-0.05, 0) is 48.2 Å². The van der Waals surface area contributed by atoms with Crippen molar-refractivity contribution in [3.8, 4) is 0 Å². The maximum atomic E-state index is 9.59. The Morgan fingerprint density at radius 1 is 1.12 bits per heavy atom. The summed E-state index contributed by atoms with van der Waals surface area (Å²) < 4.78 is 0. The highest BCUT2D eigenvalue weighted by molar-refractivity contribution is 5.79. The molecule has 3 aromatic rings. The van der Waals surface area contributed by atoms with Gasteiger partial charge in [0.05, 0.1) is 6.10 Å². The number of nitrogens with one attached hydrogen (secondary N) is 2. The van der Waals surface area contributed by atoms with Crippen molar-refractivity contribution in [2.24, 2.45) is 0 Å². The molecular weight excluding hydrogens is 312 g/mol. The van der Waals surface area contributed by atoms with Crippen molar-refractivity contribution >= 4 is 16.7 Å². The molecule has 3 heterocycles. The van der Waals surface area contributed by atoms with E-state index in [1.165, 1.54) is 16.5 Å². The summed E-state index contributed by atoms with van der Waals surface area (Å²) >= 11 is 0. The molecule has 1 aliphatic rings. The minimum Gasteiger partial charge on any atom is -0.393 e. The van der Waals surface area contributed by atoms with Crippen LogP contribution in [0, 0.1) is 0 Å². The van der Waals surface area contributed by atoms with E-state index in [0.29, 0.717) is 0 Å². The van der Waals surface area contributed by atoms with Crippen LogP contribution in [-0.4, -0.2) is 39.2 Å². The molecule has 1 aliphatic heterocycles. The Morgan fingerprint density at radius 2 is 1.92 bits per heavy atom. The summed E-state index contributed by atoms with van der Waals surface area (Å²) in [4.78, 5) is 9.88. The second-order valence-electron chi connectivity index (χ2n) is 6.77. The van der Waals surface area contributed by atoms with Crippen LogP contribution in [0.25, 0.3) is 11.0 Å². The number of aliphatic hydroxyl groups is 1. The maximum Gasteiger partial charge on any atom is 0.137 e. The van der Waals surface area contributed by atoms with E-state index in [-0.39, 0.29) is 6.10 Å². The van der Waals surface area contributed by atoms with E-state index in [9.17, 15) is 5.11 Å². The van der Waals surface area contributed by atoms with Crippen LogP contribution in [0.5, 0.6) is 0 Å². The van der Waals surface area contributed by atoms with Crippen molar-refractivity contribution in [2.75, 3.05) is 18.4 Å². The smallest absolute Gasteiger partial charge is 0.137 e. The number of aromatic nitrogens is 2. The number of hydrogen-bond donors (Lipinski definition) is 3. The Morgan fingerprint density at radius 3 is 2.72 bits per heavy atom. The van der Waals surface area contributed by atoms with Gasteiger partial charge in [-0.1, -0.05) is 12.1 Å². The van der Waals surface area contributed by atoms with Gasteiger partial charge in [-0.3, -0.25) is 4.90 Å². The molecule has 0 unspecified atom stereocenters. The number of piperidine rings is 1. The van der Waals surface area contributed by atoms with E-state index in [1.807, 2.05) is 12.4 Å². The monoisotopic (exact) mass is 336 g/mol. The Hall–Kier alpha value is -2.37. The molecule has 0 bridgehead atoms. The van der Waals surface area contributed by atoms with Crippen molar-refractivity contribution in [1.29, 1.82) is 0 Å². The fraction of sp³-hybridized carbons (Fsp3) is 0.350. The molecule has 0 saturated carbocycles. The van der Waals surface area contributed by atoms with E-state index in [1.54, 1.807) is 0 Å². The third-order valence-electron chi connectivity index (χ3n) is 4.95. The van der Waals surface area contributed by atoms with E-state index in [4.69, 9.17) is 0 Å². The third kappa shape index (κ3) is 3.83. The average Bonchev–Trinajstić information content (AvgIpc) is 3.12. The van der Waals surface area contributed by atoms with Crippen LogP contribution in [0.1, 0.15) is 24.0 Å². The first kappa shape index (κ1) is 16.1. The van der Waals surface area contributed by atoms with Crippen LogP contribution in [0.4, 0.5) is 5.69 Å². The normalized spacial score (nSPS) is 16.4. The number of H-pyrrole nitrogens is 1. The fourth-order valence-corrected chi connectivity index (χ4v) is 3.43. The number of aliphatic hydroxyl groups excluding tert-OH is 1. The molecule has 3 N–H and O–H groups in total. The van der Waals surface area contributed by atoms with Gasteiger partial charge in [0.25, 0.3) is 0 Å². The summed E-state index contributed by atoms with van der Waals surface area (Å²) in [5.74, 6) is 0. The SMILES string of the molecule is OC1CCN(Cc2ccc(NCc3ccnc4[nH]ccc34)cc2)CC1. The van der Waals surface area contributed by atoms with Crippen LogP contribution in [0.2, 0.25) is 0 Å². The molecule has 2 aromatic heterocycles. The van der Waals surface area contributed by atoms with Crippen LogP contribution >= 0.6 is 0 Å². The second-order valence-corrected chi connectivity index (χ2v) is 6.77. The lowest BCUT2D eigenvalue weighted by atomic mass is 10.1. The summed E-state index contributed by atoms with van der Waals surface area (Å²) in [7, 11) is 0. The lowest BCUT2D eigenvalue weighted by molar-refractivity contribution is 0.0792. The summed E-state index contributed by atoms with van der Waals surface area (Å²) in [5, 5.41) is 14.3. The van der Waals surface area contributed by atoms with Gasteiger partial charge in [-0.25, -0.2) is 4.98 Å². The molecular formula is C20H24N4O. The van der Waals surface area contributed by atoms with E-state index >= 15 is 0 Å². The third-order valence-corrected chi connectivity index (χ3v) is 4.95. The molecule has 5 heteroatoms. The molecule has 1 fully saturated rings. The van der Waals surface area contributed by atoms with Gasteiger partial charge in [0.1, 0.15) is 5.65 Å². The molecule has 1 saturated heterocycles. The summed E-state index contributed by atoms with van der Waals surface area (Å²) in [6.45, 7) is 3.70. The number of benzene rings is 1. The summed E-state index contributed by atoms with van der Waals surface area (Å²) in [6, 6.07) is 12.8. The Balaban J connectivity index is 1.35. The topological polar surface area (TPSA) is 64.2 Å². The highest BCUT2D eigenvalue weighted by Gasteiger charge is 2.16. The molecule has 0 radical (unpaired) electrons. The molecule has 0 spiro atoms. The van der Waals surface area contributed by atoms with Crippen LogP contribution < -0.4 is 5.32 Å². The molecule has 4 rings (SSSR count). The number of hydrogen-bond acceptors (Lipinski definition) is 4. The highest BCUT2D eigenvalue weighted by Crippen LogP contribution is 2.19. The predicted octanol–water partition coefficient (Wildman–Crippen LogP) is 3.13. The first-order valence-electron chi connectivity index (χ1n) is 8.92. The van der Waals surface area contributed by atoms with E-state index in [2.05, 4.69) is 56.6 Å². The van der Waals surface area contributed by atoms with Crippen LogP contribution in [0.15, 0.2) is 48.8 Å². The molecule has 0 aliphatic carbocycles. The number of likely N-dealkylation sites (tertiary alicyclic amines) is 1. The number of rotatable bonds is 5. The lowest BCUT2D eigenvalue weighted by Crippen LogP contribution is -2.35. The largest absolute Gasteiger partial charge is 0.393 e. The van der Waals surface area contributed by atoms with Gasteiger partial charge in [0, 0.05) is 49.6 Å². The lowest BCUT2D eigenvalue weighted by Gasteiger charge is -2.29. The zero-order valence-electron chi connectivity index (χ0n) is 14.3. The number of fused-ring (bicyclic) bond motifs is 1. The second kappa shape index (κ2) is 7.25. The van der Waals surface area contributed by atoms with Gasteiger partial charge < -0.3 is 15.4 Å². The van der Waals surface area contributed by atoms with Crippen molar-refractivity contribution in [3.63, 3.8) is 0 Å². The van der Waals surface area contributed by atoms with Crippen molar-refractivity contribution in [2.45, 2.75) is 32.0 Å². The molecule has 130 valence electrons. The van der Waals surface area contributed by atoms with Gasteiger partial charge in [-0.15, -0.1) is 0 Å².